The molecule has 0 radical (unpaired) electrons. The molecule has 0 saturated heterocycles. The Hall–Kier alpha value is -0.260. The van der Waals surface area contributed by atoms with Crippen LogP contribution in [0.25, 0.3) is 0 Å². The van der Waals surface area contributed by atoms with E-state index >= 15 is 0 Å². The van der Waals surface area contributed by atoms with E-state index in [1.807, 2.05) is 0 Å². The molecule has 0 aromatic rings. The fourth-order valence-electron chi connectivity index (χ4n) is 1.95. The summed E-state index contributed by atoms with van der Waals surface area (Å²) < 4.78 is 0. The second-order valence-electron chi connectivity index (χ2n) is 3.97. The number of unbranched alkanes of at least 4 members (excludes halogenated alkanes) is 4. The third-order valence-corrected chi connectivity index (χ3v) is 2.79. The second kappa shape index (κ2) is 6.28. The van der Waals surface area contributed by atoms with E-state index in [-0.39, 0.29) is 0 Å². The van der Waals surface area contributed by atoms with Crippen LogP contribution in [0.5, 0.6) is 0 Å². The maximum absolute atomic E-state index is 2.42. The lowest BCUT2D eigenvalue weighted by Crippen LogP contribution is -1.91. The molecule has 1 atom stereocenters. The van der Waals surface area contributed by atoms with Crippen LogP contribution in [0.1, 0.15) is 58.3 Å². The molecule has 0 spiro atoms. The lowest BCUT2D eigenvalue weighted by atomic mass is 10.0. The zero-order valence-corrected chi connectivity index (χ0v) is 8.39. The van der Waals surface area contributed by atoms with Crippen molar-refractivity contribution >= 4 is 0 Å². The van der Waals surface area contributed by atoms with Gasteiger partial charge in [0.2, 0.25) is 0 Å². The number of allylic oxidation sites excluding steroid dienone is 2. The molecule has 0 amide bonds. The summed E-state index contributed by atoms with van der Waals surface area (Å²) in [4.78, 5) is 0. The van der Waals surface area contributed by atoms with E-state index in [9.17, 15) is 0 Å². The van der Waals surface area contributed by atoms with Gasteiger partial charge in [-0.15, -0.1) is 0 Å². The highest BCUT2D eigenvalue weighted by atomic mass is 14.1. The summed E-state index contributed by atoms with van der Waals surface area (Å²) in [5, 5.41) is 0. The smallest absolute Gasteiger partial charge is 0.0231 e. The number of rotatable bonds is 6. The Labute approximate surface area is 77.1 Å². The fourth-order valence-corrected chi connectivity index (χ4v) is 1.95. The molecule has 0 bridgehead atoms. The molecule has 12 heavy (non-hydrogen) atoms. The number of hydrogen-bond acceptors (Lipinski definition) is 0. The molecular formula is C12H22. The van der Waals surface area contributed by atoms with Crippen molar-refractivity contribution in [3.05, 3.63) is 12.2 Å². The summed E-state index contributed by atoms with van der Waals surface area (Å²) >= 11 is 0. The fraction of sp³-hybridized carbons (Fsp3) is 0.833. The lowest BCUT2D eigenvalue weighted by Gasteiger charge is -2.05. The molecule has 0 N–H and O–H groups in total. The molecule has 1 aliphatic carbocycles. The molecular weight excluding hydrogens is 144 g/mol. The van der Waals surface area contributed by atoms with Gasteiger partial charge in [-0.2, -0.15) is 0 Å². The molecule has 0 saturated carbocycles. The van der Waals surface area contributed by atoms with Crippen LogP contribution in [0.2, 0.25) is 0 Å². The highest BCUT2D eigenvalue weighted by Crippen LogP contribution is 2.22. The zero-order valence-electron chi connectivity index (χ0n) is 8.39. The van der Waals surface area contributed by atoms with Gasteiger partial charge in [0.1, 0.15) is 0 Å². The Kier molecular flexibility index (Phi) is 5.14. The summed E-state index contributed by atoms with van der Waals surface area (Å²) in [5.41, 5.74) is 0. The summed E-state index contributed by atoms with van der Waals surface area (Å²) in [6, 6.07) is 0. The predicted molar refractivity (Wildman–Crippen MR) is 55.2 cm³/mol. The van der Waals surface area contributed by atoms with E-state index in [0.717, 1.165) is 5.92 Å². The average Bonchev–Trinajstić information content (AvgIpc) is 2.57. The Bertz CT molecular complexity index is 124. The maximum Gasteiger partial charge on any atom is -0.0231 e. The average molecular weight is 166 g/mol. The minimum Gasteiger partial charge on any atom is -0.0882 e. The van der Waals surface area contributed by atoms with Crippen molar-refractivity contribution in [3.8, 4) is 0 Å². The summed E-state index contributed by atoms with van der Waals surface area (Å²) in [5.74, 6) is 0.937. The number of hydrogen-bond donors (Lipinski definition) is 0. The van der Waals surface area contributed by atoms with Gasteiger partial charge in [0.15, 0.2) is 0 Å². The molecule has 0 aromatic heterocycles. The Morgan fingerprint density at radius 2 is 2.00 bits per heavy atom. The van der Waals surface area contributed by atoms with E-state index in [1.54, 1.807) is 0 Å². The molecule has 1 unspecified atom stereocenters. The Morgan fingerprint density at radius 1 is 1.17 bits per heavy atom. The largest absolute Gasteiger partial charge is 0.0882 e. The first-order valence-electron chi connectivity index (χ1n) is 5.60. The van der Waals surface area contributed by atoms with Crippen molar-refractivity contribution in [2.24, 2.45) is 5.92 Å². The highest BCUT2D eigenvalue weighted by Gasteiger charge is 2.07. The summed E-state index contributed by atoms with van der Waals surface area (Å²) in [6.45, 7) is 2.28. The third kappa shape index (κ3) is 3.94. The topological polar surface area (TPSA) is 0 Å². The Balaban J connectivity index is 1.85. The van der Waals surface area contributed by atoms with Crippen LogP contribution in [0.4, 0.5) is 0 Å². The standard InChI is InChI=1S/C12H22/c1-2-3-4-5-6-9-12-10-7-8-11-12/h7,10,12H,2-6,8-9,11H2,1H3. The van der Waals surface area contributed by atoms with Gasteiger partial charge in [0, 0.05) is 0 Å². The van der Waals surface area contributed by atoms with Crippen molar-refractivity contribution < 1.29 is 0 Å². The van der Waals surface area contributed by atoms with Gasteiger partial charge in [-0.3, -0.25) is 0 Å². The van der Waals surface area contributed by atoms with Crippen LogP contribution in [0, 0.1) is 5.92 Å². The Morgan fingerprint density at radius 3 is 2.67 bits per heavy atom. The molecule has 0 fully saturated rings. The van der Waals surface area contributed by atoms with E-state index in [0.29, 0.717) is 0 Å². The van der Waals surface area contributed by atoms with Crippen molar-refractivity contribution in [1.82, 2.24) is 0 Å². The van der Waals surface area contributed by atoms with E-state index in [2.05, 4.69) is 19.1 Å². The lowest BCUT2D eigenvalue weighted by molar-refractivity contribution is 0.517. The second-order valence-corrected chi connectivity index (χ2v) is 3.97. The van der Waals surface area contributed by atoms with Gasteiger partial charge < -0.3 is 0 Å². The van der Waals surface area contributed by atoms with Gasteiger partial charge in [0.05, 0.1) is 0 Å². The van der Waals surface area contributed by atoms with Gasteiger partial charge in [0.25, 0.3) is 0 Å². The molecule has 0 heterocycles. The summed E-state index contributed by atoms with van der Waals surface area (Å²) in [6.07, 6.45) is 16.1. The normalized spacial score (nSPS) is 21.9. The maximum atomic E-state index is 2.42. The van der Waals surface area contributed by atoms with Gasteiger partial charge >= 0.3 is 0 Å². The van der Waals surface area contributed by atoms with Gasteiger partial charge in [-0.1, -0.05) is 51.2 Å². The molecule has 1 rings (SSSR count). The van der Waals surface area contributed by atoms with Crippen LogP contribution in [-0.4, -0.2) is 0 Å². The quantitative estimate of drug-likeness (QED) is 0.407. The minimum absolute atomic E-state index is 0.937. The predicted octanol–water partition coefficient (Wildman–Crippen LogP) is 4.31. The van der Waals surface area contributed by atoms with Crippen LogP contribution in [0.3, 0.4) is 0 Å². The molecule has 1 aliphatic rings. The van der Waals surface area contributed by atoms with Crippen molar-refractivity contribution in [2.75, 3.05) is 0 Å². The minimum atomic E-state index is 0.937. The first kappa shape index (κ1) is 9.83. The molecule has 0 aromatic carbocycles. The first-order valence-corrected chi connectivity index (χ1v) is 5.60. The van der Waals surface area contributed by atoms with Crippen LogP contribution >= 0.6 is 0 Å². The SMILES string of the molecule is CCCCCCCC1C=CCC1. The van der Waals surface area contributed by atoms with Crippen LogP contribution in [0.15, 0.2) is 12.2 Å². The van der Waals surface area contributed by atoms with Crippen LogP contribution < -0.4 is 0 Å². The molecule has 0 aliphatic heterocycles. The van der Waals surface area contributed by atoms with Crippen molar-refractivity contribution in [1.29, 1.82) is 0 Å². The molecule has 0 heteroatoms. The van der Waals surface area contributed by atoms with E-state index < -0.39 is 0 Å². The highest BCUT2D eigenvalue weighted by molar-refractivity contribution is 4.95. The molecule has 0 nitrogen and oxygen atoms in total. The van der Waals surface area contributed by atoms with Crippen molar-refractivity contribution in [3.63, 3.8) is 0 Å². The first-order chi connectivity index (χ1) is 5.93. The van der Waals surface area contributed by atoms with Gasteiger partial charge in [-0.25, -0.2) is 0 Å². The van der Waals surface area contributed by atoms with E-state index in [4.69, 9.17) is 0 Å². The van der Waals surface area contributed by atoms with Crippen molar-refractivity contribution in [2.45, 2.75) is 58.3 Å². The monoisotopic (exact) mass is 166 g/mol. The summed E-state index contributed by atoms with van der Waals surface area (Å²) in [7, 11) is 0. The zero-order chi connectivity index (χ0) is 8.65. The van der Waals surface area contributed by atoms with Crippen LogP contribution in [-0.2, 0) is 0 Å². The molecule has 70 valence electrons. The third-order valence-electron chi connectivity index (χ3n) is 2.79. The van der Waals surface area contributed by atoms with E-state index in [1.165, 1.54) is 51.4 Å². The van der Waals surface area contributed by atoms with Gasteiger partial charge in [-0.05, 0) is 25.2 Å².